The highest BCUT2D eigenvalue weighted by atomic mass is 16.7. The summed E-state index contributed by atoms with van der Waals surface area (Å²) in [5, 5.41) is 12.7. The Labute approximate surface area is 159 Å². The van der Waals surface area contributed by atoms with Gasteiger partial charge in [-0.25, -0.2) is 9.69 Å². The van der Waals surface area contributed by atoms with Crippen LogP contribution in [0.3, 0.4) is 0 Å². The van der Waals surface area contributed by atoms with Gasteiger partial charge in [0.15, 0.2) is 0 Å². The van der Waals surface area contributed by atoms with Crippen molar-refractivity contribution in [3.8, 4) is 0 Å². The fourth-order valence-electron chi connectivity index (χ4n) is 3.23. The molecule has 8 heteroatoms. The molecule has 0 bridgehead atoms. The van der Waals surface area contributed by atoms with Gasteiger partial charge >= 0.3 is 5.97 Å². The van der Waals surface area contributed by atoms with Gasteiger partial charge in [0.1, 0.15) is 11.6 Å². The average Bonchev–Trinajstić information content (AvgIpc) is 3.22. The molecule has 0 saturated carbocycles. The van der Waals surface area contributed by atoms with Gasteiger partial charge in [-0.1, -0.05) is 35.0 Å². The molecule has 2 unspecified atom stereocenters. The van der Waals surface area contributed by atoms with Crippen LogP contribution in [-0.2, 0) is 14.4 Å². The maximum Gasteiger partial charge on any atom is 0.335 e. The number of nitrogens with zero attached hydrogens (tertiary/aromatic N) is 2. The predicted molar refractivity (Wildman–Crippen MR) is 97.2 cm³/mol. The maximum absolute atomic E-state index is 12.9. The normalized spacial score (nSPS) is 20.6. The van der Waals surface area contributed by atoms with Gasteiger partial charge in [-0.2, -0.15) is 0 Å². The van der Waals surface area contributed by atoms with Gasteiger partial charge in [-0.05, 0) is 31.2 Å². The SMILES string of the molecule is Cc1ccc(C(=O)C2=NOC3C(=O)N(c4ccc(C(=O)O)cc4)C(=O)C23)cc1. The third-order valence-corrected chi connectivity index (χ3v) is 4.73. The number of carbonyl (C=O) groups is 4. The maximum atomic E-state index is 12.9. The molecule has 2 aromatic carbocycles. The second-order valence-electron chi connectivity index (χ2n) is 6.54. The zero-order valence-corrected chi connectivity index (χ0v) is 14.7. The third kappa shape index (κ3) is 2.66. The average molecular weight is 378 g/mol. The van der Waals surface area contributed by atoms with Crippen molar-refractivity contribution < 1.29 is 29.1 Å². The van der Waals surface area contributed by atoms with E-state index in [-0.39, 0.29) is 17.0 Å². The van der Waals surface area contributed by atoms with E-state index in [1.165, 1.54) is 24.3 Å². The van der Waals surface area contributed by atoms with Gasteiger partial charge in [0, 0.05) is 5.56 Å². The Hall–Kier alpha value is -3.81. The fraction of sp³-hybridized carbons (Fsp3) is 0.150. The van der Waals surface area contributed by atoms with Crippen LogP contribution in [-0.4, -0.2) is 40.5 Å². The van der Waals surface area contributed by atoms with Gasteiger partial charge in [-0.3, -0.25) is 14.4 Å². The number of aryl methyl sites for hydroxylation is 1. The van der Waals surface area contributed by atoms with E-state index < -0.39 is 35.6 Å². The molecule has 2 atom stereocenters. The Morgan fingerprint density at radius 3 is 2.18 bits per heavy atom. The van der Waals surface area contributed by atoms with E-state index in [9.17, 15) is 19.2 Å². The third-order valence-electron chi connectivity index (χ3n) is 4.73. The summed E-state index contributed by atoms with van der Waals surface area (Å²) in [5.74, 6) is -4.00. The largest absolute Gasteiger partial charge is 0.478 e. The van der Waals surface area contributed by atoms with Crippen LogP contribution in [0.25, 0.3) is 0 Å². The van der Waals surface area contributed by atoms with Crippen LogP contribution in [0.4, 0.5) is 5.69 Å². The molecule has 0 spiro atoms. The van der Waals surface area contributed by atoms with E-state index in [0.29, 0.717) is 5.56 Å². The summed E-state index contributed by atoms with van der Waals surface area (Å²) in [4.78, 5) is 55.3. The van der Waals surface area contributed by atoms with Crippen molar-refractivity contribution in [2.24, 2.45) is 11.1 Å². The van der Waals surface area contributed by atoms with Crippen LogP contribution >= 0.6 is 0 Å². The molecule has 140 valence electrons. The van der Waals surface area contributed by atoms with E-state index in [1.54, 1.807) is 24.3 Å². The monoisotopic (exact) mass is 378 g/mol. The molecule has 8 nitrogen and oxygen atoms in total. The van der Waals surface area contributed by atoms with Crippen molar-refractivity contribution in [1.82, 2.24) is 0 Å². The highest BCUT2D eigenvalue weighted by Crippen LogP contribution is 2.34. The Bertz CT molecular complexity index is 1040. The van der Waals surface area contributed by atoms with Gasteiger partial charge < -0.3 is 9.94 Å². The zero-order valence-electron chi connectivity index (χ0n) is 14.7. The molecule has 2 amide bonds. The number of carboxylic acid groups (broad SMARTS) is 1. The Morgan fingerprint density at radius 1 is 0.964 bits per heavy atom. The molecule has 0 aromatic heterocycles. The van der Waals surface area contributed by atoms with E-state index in [1.807, 2.05) is 6.92 Å². The molecule has 0 radical (unpaired) electrons. The molecule has 2 aliphatic heterocycles. The lowest BCUT2D eigenvalue weighted by atomic mass is 9.93. The van der Waals surface area contributed by atoms with Crippen LogP contribution in [0.2, 0.25) is 0 Å². The summed E-state index contributed by atoms with van der Waals surface area (Å²) in [6.07, 6.45) is -1.20. The van der Waals surface area contributed by atoms with Crippen LogP contribution in [0, 0.1) is 12.8 Å². The number of carboxylic acids is 1. The molecular formula is C20H14N2O6. The number of anilines is 1. The van der Waals surface area contributed by atoms with E-state index in [2.05, 4.69) is 5.16 Å². The number of oxime groups is 1. The van der Waals surface area contributed by atoms with Crippen molar-refractivity contribution >= 4 is 35.0 Å². The summed E-state index contributed by atoms with van der Waals surface area (Å²) < 4.78 is 0. The first-order valence-electron chi connectivity index (χ1n) is 8.44. The molecule has 28 heavy (non-hydrogen) atoms. The lowest BCUT2D eigenvalue weighted by Gasteiger charge is -2.15. The molecule has 1 N–H and O–H groups in total. The first-order chi connectivity index (χ1) is 13.4. The second kappa shape index (κ2) is 6.41. The lowest BCUT2D eigenvalue weighted by molar-refractivity contribution is -0.126. The van der Waals surface area contributed by atoms with Crippen molar-refractivity contribution in [3.05, 3.63) is 65.2 Å². The van der Waals surface area contributed by atoms with Crippen LogP contribution < -0.4 is 4.90 Å². The van der Waals surface area contributed by atoms with Crippen LogP contribution in [0.15, 0.2) is 53.7 Å². The molecule has 0 aliphatic carbocycles. The highest BCUT2D eigenvalue weighted by molar-refractivity contribution is 6.52. The number of rotatable bonds is 4. The fourth-order valence-corrected chi connectivity index (χ4v) is 3.23. The molecular weight excluding hydrogens is 364 g/mol. The number of ketones is 1. The minimum atomic E-state index is -1.20. The van der Waals surface area contributed by atoms with Gasteiger partial charge in [0.2, 0.25) is 17.8 Å². The molecule has 2 aromatic rings. The number of imide groups is 1. The minimum absolute atomic E-state index is 0.0242. The Morgan fingerprint density at radius 2 is 1.57 bits per heavy atom. The zero-order chi connectivity index (χ0) is 20.0. The standard InChI is InChI=1S/C20H14N2O6/c1-10-2-4-11(5-3-10)16(23)15-14-17(28-21-15)19(25)22(18(14)24)13-8-6-12(7-9-13)20(26)27/h2-9,14,17H,1H3,(H,26,27). The number of Topliss-reactive ketones (excluding diaryl/α,β-unsaturated/α-hetero) is 1. The number of fused-ring (bicyclic) bond motifs is 1. The van der Waals surface area contributed by atoms with E-state index in [4.69, 9.17) is 9.94 Å². The molecule has 4 rings (SSSR count). The number of benzene rings is 2. The van der Waals surface area contributed by atoms with Crippen molar-refractivity contribution in [3.63, 3.8) is 0 Å². The van der Waals surface area contributed by atoms with Crippen LogP contribution in [0.1, 0.15) is 26.3 Å². The number of hydrogen-bond acceptors (Lipinski definition) is 6. The summed E-state index contributed by atoms with van der Waals surface area (Å²) in [6, 6.07) is 12.1. The molecule has 2 heterocycles. The number of amides is 2. The first kappa shape index (κ1) is 17.6. The molecule has 1 saturated heterocycles. The Balaban J connectivity index is 1.63. The quantitative estimate of drug-likeness (QED) is 0.641. The molecule has 1 fully saturated rings. The van der Waals surface area contributed by atoms with E-state index >= 15 is 0 Å². The highest BCUT2D eigenvalue weighted by Gasteiger charge is 2.57. The second-order valence-corrected chi connectivity index (χ2v) is 6.54. The van der Waals surface area contributed by atoms with Crippen molar-refractivity contribution in [2.45, 2.75) is 13.0 Å². The molecule has 2 aliphatic rings. The summed E-state index contributed by atoms with van der Waals surface area (Å²) in [7, 11) is 0. The number of aromatic carboxylic acids is 1. The summed E-state index contributed by atoms with van der Waals surface area (Å²) >= 11 is 0. The summed E-state index contributed by atoms with van der Waals surface area (Å²) in [6.45, 7) is 1.88. The van der Waals surface area contributed by atoms with Crippen molar-refractivity contribution in [1.29, 1.82) is 0 Å². The van der Waals surface area contributed by atoms with Crippen molar-refractivity contribution in [2.75, 3.05) is 4.90 Å². The lowest BCUT2D eigenvalue weighted by Crippen LogP contribution is -2.34. The number of hydrogen-bond donors (Lipinski definition) is 1. The van der Waals surface area contributed by atoms with Gasteiger partial charge in [0.05, 0.1) is 11.3 Å². The summed E-state index contributed by atoms with van der Waals surface area (Å²) in [5.41, 5.74) is 1.44. The first-order valence-corrected chi connectivity index (χ1v) is 8.44. The topological polar surface area (TPSA) is 113 Å². The minimum Gasteiger partial charge on any atom is -0.478 e. The number of carbonyl (C=O) groups excluding carboxylic acids is 3. The smallest absolute Gasteiger partial charge is 0.335 e. The Kier molecular flexibility index (Phi) is 4.03. The van der Waals surface area contributed by atoms with Crippen LogP contribution in [0.5, 0.6) is 0 Å². The predicted octanol–water partition coefficient (Wildman–Crippen LogP) is 1.82. The van der Waals surface area contributed by atoms with E-state index in [0.717, 1.165) is 10.5 Å². The van der Waals surface area contributed by atoms with Gasteiger partial charge in [0.25, 0.3) is 5.91 Å². The van der Waals surface area contributed by atoms with Gasteiger partial charge in [-0.15, -0.1) is 0 Å².